The van der Waals surface area contributed by atoms with Gasteiger partial charge in [0.15, 0.2) is 0 Å². The molecule has 3 atom stereocenters. The van der Waals surface area contributed by atoms with Crippen LogP contribution in [0.15, 0.2) is 12.2 Å². The van der Waals surface area contributed by atoms with E-state index >= 15 is 0 Å². The molecule has 0 saturated carbocycles. The Kier molecular flexibility index (Phi) is 2.01. The minimum atomic E-state index is -0.0660. The molecule has 11 heavy (non-hydrogen) atoms. The third kappa shape index (κ3) is 1.06. The van der Waals surface area contributed by atoms with E-state index < -0.39 is 0 Å². The van der Waals surface area contributed by atoms with Crippen molar-refractivity contribution < 1.29 is 4.74 Å². The molecule has 1 aliphatic rings. The number of methoxy groups -OCH3 is 1. The maximum absolute atomic E-state index is 8.71. The van der Waals surface area contributed by atoms with E-state index in [1.807, 2.05) is 13.0 Å². The van der Waals surface area contributed by atoms with Crippen LogP contribution in [0, 0.1) is 22.7 Å². The van der Waals surface area contributed by atoms with E-state index in [1.54, 1.807) is 7.11 Å². The van der Waals surface area contributed by atoms with Gasteiger partial charge in [-0.1, -0.05) is 19.1 Å². The summed E-state index contributed by atoms with van der Waals surface area (Å²) in [6.07, 6.45) is 4.10. The molecular formula is C9H13NO. The lowest BCUT2D eigenvalue weighted by Gasteiger charge is -2.40. The second-order valence-corrected chi connectivity index (χ2v) is 3.21. The van der Waals surface area contributed by atoms with Crippen LogP contribution in [0.2, 0.25) is 0 Å². The zero-order valence-corrected chi connectivity index (χ0v) is 7.16. The molecule has 0 bridgehead atoms. The third-order valence-electron chi connectivity index (χ3n) is 2.69. The van der Waals surface area contributed by atoms with Gasteiger partial charge in [0.05, 0.1) is 18.1 Å². The maximum atomic E-state index is 8.71. The normalized spacial score (nSPS) is 37.5. The fraction of sp³-hybridized carbons (Fsp3) is 0.667. The number of ether oxygens (including phenoxy) is 1. The molecule has 0 spiro atoms. The maximum Gasteiger partial charge on any atom is 0.0756 e. The van der Waals surface area contributed by atoms with Gasteiger partial charge in [-0.25, -0.2) is 0 Å². The van der Waals surface area contributed by atoms with Gasteiger partial charge < -0.3 is 4.74 Å². The molecule has 0 heterocycles. The molecule has 1 unspecified atom stereocenters. The highest BCUT2D eigenvalue weighted by Crippen LogP contribution is 2.42. The topological polar surface area (TPSA) is 33.0 Å². The van der Waals surface area contributed by atoms with Crippen LogP contribution in [-0.2, 0) is 4.74 Å². The highest BCUT2D eigenvalue weighted by molar-refractivity contribution is 5.25. The first-order valence-corrected chi connectivity index (χ1v) is 3.77. The first kappa shape index (κ1) is 8.29. The summed E-state index contributed by atoms with van der Waals surface area (Å²) in [4.78, 5) is 0. The second-order valence-electron chi connectivity index (χ2n) is 3.21. The van der Waals surface area contributed by atoms with Crippen molar-refractivity contribution in [3.63, 3.8) is 0 Å². The van der Waals surface area contributed by atoms with E-state index in [1.165, 1.54) is 0 Å². The van der Waals surface area contributed by atoms with Crippen LogP contribution >= 0.6 is 0 Å². The summed E-state index contributed by atoms with van der Waals surface area (Å²) in [5, 5.41) is 8.71. The molecule has 0 aromatic rings. The van der Waals surface area contributed by atoms with Gasteiger partial charge in [0, 0.05) is 12.5 Å². The molecule has 1 rings (SSSR count). The first-order chi connectivity index (χ1) is 5.15. The fourth-order valence-corrected chi connectivity index (χ4v) is 1.32. The van der Waals surface area contributed by atoms with Gasteiger partial charge in [-0.3, -0.25) is 0 Å². The van der Waals surface area contributed by atoms with Crippen molar-refractivity contribution >= 4 is 0 Å². The van der Waals surface area contributed by atoms with Crippen molar-refractivity contribution in [2.75, 3.05) is 7.11 Å². The molecular weight excluding hydrogens is 138 g/mol. The van der Waals surface area contributed by atoms with Gasteiger partial charge >= 0.3 is 0 Å². The fourth-order valence-electron chi connectivity index (χ4n) is 1.32. The van der Waals surface area contributed by atoms with Crippen LogP contribution in [-0.4, -0.2) is 13.2 Å². The average molecular weight is 151 g/mol. The molecule has 0 amide bonds. The molecule has 60 valence electrons. The zero-order valence-electron chi connectivity index (χ0n) is 7.16. The Morgan fingerprint density at radius 2 is 2.36 bits per heavy atom. The minimum absolute atomic E-state index is 0.0254. The lowest BCUT2D eigenvalue weighted by atomic mass is 9.66. The van der Waals surface area contributed by atoms with E-state index in [0.717, 1.165) is 0 Å². The third-order valence-corrected chi connectivity index (χ3v) is 2.69. The number of hydrogen-bond acceptors (Lipinski definition) is 2. The van der Waals surface area contributed by atoms with Crippen molar-refractivity contribution in [3.8, 4) is 6.07 Å². The van der Waals surface area contributed by atoms with Crippen LogP contribution in [0.3, 0.4) is 0 Å². The van der Waals surface area contributed by atoms with Crippen LogP contribution in [0.25, 0.3) is 0 Å². The van der Waals surface area contributed by atoms with Crippen LogP contribution in [0.5, 0.6) is 0 Å². The van der Waals surface area contributed by atoms with Crippen molar-refractivity contribution in [3.05, 3.63) is 12.2 Å². The average Bonchev–Trinajstić information content (AvgIpc) is 2.00. The van der Waals surface area contributed by atoms with E-state index in [0.29, 0.717) is 0 Å². The monoisotopic (exact) mass is 151 g/mol. The van der Waals surface area contributed by atoms with Gasteiger partial charge in [-0.05, 0) is 6.92 Å². The number of nitriles is 1. The standard InChI is InChI=1S/C9H13NO/c1-7(11-3)9(2)5-4-8(9)6-10/h4-5,7-8H,1-3H3/t7?,8-,9+/m1/s1. The summed E-state index contributed by atoms with van der Waals surface area (Å²) in [7, 11) is 1.68. The van der Waals surface area contributed by atoms with Gasteiger partial charge in [-0.2, -0.15) is 5.26 Å². The second kappa shape index (κ2) is 2.67. The van der Waals surface area contributed by atoms with Gasteiger partial charge in [0.2, 0.25) is 0 Å². The molecule has 0 fully saturated rings. The molecule has 0 radical (unpaired) electrons. The Labute approximate surface area is 67.5 Å². The lowest BCUT2D eigenvalue weighted by Crippen LogP contribution is -2.40. The predicted octanol–water partition coefficient (Wildman–Crippen LogP) is 1.74. The Balaban J connectivity index is 2.72. The summed E-state index contributed by atoms with van der Waals surface area (Å²) in [5.74, 6) is 0.0254. The van der Waals surface area contributed by atoms with E-state index in [-0.39, 0.29) is 17.4 Å². The van der Waals surface area contributed by atoms with Crippen molar-refractivity contribution in [2.24, 2.45) is 11.3 Å². The molecule has 0 aliphatic heterocycles. The quantitative estimate of drug-likeness (QED) is 0.563. The number of rotatable bonds is 2. The minimum Gasteiger partial charge on any atom is -0.381 e. The summed E-state index contributed by atoms with van der Waals surface area (Å²) in [6.45, 7) is 4.04. The van der Waals surface area contributed by atoms with Crippen LogP contribution in [0.4, 0.5) is 0 Å². The van der Waals surface area contributed by atoms with E-state index in [9.17, 15) is 0 Å². The SMILES string of the molecule is COC(C)[C@]1(C)C=C[C@@H]1C#N. The van der Waals surface area contributed by atoms with E-state index in [2.05, 4.69) is 19.1 Å². The largest absolute Gasteiger partial charge is 0.381 e. The molecule has 0 aromatic carbocycles. The lowest BCUT2D eigenvalue weighted by molar-refractivity contribution is 0.0148. The van der Waals surface area contributed by atoms with Crippen molar-refractivity contribution in [2.45, 2.75) is 20.0 Å². The Morgan fingerprint density at radius 1 is 1.73 bits per heavy atom. The first-order valence-electron chi connectivity index (χ1n) is 3.77. The molecule has 1 aliphatic carbocycles. The molecule has 0 aromatic heterocycles. The van der Waals surface area contributed by atoms with Gasteiger partial charge in [0.1, 0.15) is 0 Å². The highest BCUT2D eigenvalue weighted by atomic mass is 16.5. The summed E-state index contributed by atoms with van der Waals surface area (Å²) >= 11 is 0. The van der Waals surface area contributed by atoms with Crippen LogP contribution in [0.1, 0.15) is 13.8 Å². The Hall–Kier alpha value is -0.810. The number of allylic oxidation sites excluding steroid dienone is 1. The van der Waals surface area contributed by atoms with Gasteiger partial charge in [-0.15, -0.1) is 0 Å². The van der Waals surface area contributed by atoms with Gasteiger partial charge in [0.25, 0.3) is 0 Å². The Bertz CT molecular complexity index is 216. The van der Waals surface area contributed by atoms with Crippen molar-refractivity contribution in [1.82, 2.24) is 0 Å². The number of hydrogen-bond donors (Lipinski definition) is 0. The predicted molar refractivity (Wildman–Crippen MR) is 42.8 cm³/mol. The smallest absolute Gasteiger partial charge is 0.0756 e. The summed E-state index contributed by atoms with van der Waals surface area (Å²) in [6, 6.07) is 2.24. The molecule has 2 heteroatoms. The summed E-state index contributed by atoms with van der Waals surface area (Å²) in [5.41, 5.74) is -0.0660. The number of nitrogens with zero attached hydrogens (tertiary/aromatic N) is 1. The molecule has 0 saturated heterocycles. The van der Waals surface area contributed by atoms with Crippen LogP contribution < -0.4 is 0 Å². The molecule has 0 N–H and O–H groups in total. The highest BCUT2D eigenvalue weighted by Gasteiger charge is 2.42. The van der Waals surface area contributed by atoms with E-state index in [4.69, 9.17) is 10.00 Å². The molecule has 2 nitrogen and oxygen atoms in total. The summed E-state index contributed by atoms with van der Waals surface area (Å²) < 4.78 is 5.19. The Morgan fingerprint density at radius 3 is 2.64 bits per heavy atom. The van der Waals surface area contributed by atoms with Crippen molar-refractivity contribution in [1.29, 1.82) is 5.26 Å². The zero-order chi connectivity index (χ0) is 8.48.